The molecule has 0 aliphatic carbocycles. The van der Waals surface area contributed by atoms with E-state index in [0.29, 0.717) is 5.69 Å². The van der Waals surface area contributed by atoms with Gasteiger partial charge in [0.05, 0.1) is 0 Å². The lowest BCUT2D eigenvalue weighted by Crippen LogP contribution is -2.52. The van der Waals surface area contributed by atoms with Gasteiger partial charge in [0.15, 0.2) is 0 Å². The van der Waals surface area contributed by atoms with Crippen LogP contribution in [0.3, 0.4) is 0 Å². The van der Waals surface area contributed by atoms with Gasteiger partial charge in [0.2, 0.25) is 5.60 Å². The highest BCUT2D eigenvalue weighted by Gasteiger charge is 2.40. The summed E-state index contributed by atoms with van der Waals surface area (Å²) in [6.45, 7) is 1.51. The number of carbonyl (C=O) groups excluding carboxylic acids is 2. The summed E-state index contributed by atoms with van der Waals surface area (Å²) in [4.78, 5) is 22.6. The molecule has 0 aliphatic rings. The van der Waals surface area contributed by atoms with Crippen molar-refractivity contribution in [2.45, 2.75) is 18.9 Å². The largest absolute Gasteiger partial charge is 0.372 e. The molecule has 1 atom stereocenters. The van der Waals surface area contributed by atoms with Crippen LogP contribution in [0.25, 0.3) is 0 Å². The maximum absolute atomic E-state index is 11.6. The monoisotopic (exact) mass is 222 g/mol. The van der Waals surface area contributed by atoms with Crippen LogP contribution in [0.15, 0.2) is 30.3 Å². The fourth-order valence-corrected chi connectivity index (χ4v) is 1.20. The second-order valence-corrected chi connectivity index (χ2v) is 3.40. The summed E-state index contributed by atoms with van der Waals surface area (Å²) in [5.41, 5.74) is 3.33. The van der Waals surface area contributed by atoms with E-state index < -0.39 is 17.4 Å². The van der Waals surface area contributed by atoms with Crippen molar-refractivity contribution in [2.24, 2.45) is 5.73 Å². The Morgan fingerprint density at radius 3 is 2.38 bits per heavy atom. The minimum absolute atomic E-state index is 0.0685. The number of aliphatic hydroxyl groups is 1. The van der Waals surface area contributed by atoms with Crippen LogP contribution >= 0.6 is 0 Å². The third kappa shape index (κ3) is 2.38. The lowest BCUT2D eigenvalue weighted by molar-refractivity contribution is -0.148. The Morgan fingerprint density at radius 1 is 1.38 bits per heavy atom. The van der Waals surface area contributed by atoms with Crippen molar-refractivity contribution in [3.05, 3.63) is 30.3 Å². The molecule has 0 saturated heterocycles. The van der Waals surface area contributed by atoms with Gasteiger partial charge in [-0.2, -0.15) is 0 Å². The van der Waals surface area contributed by atoms with Crippen molar-refractivity contribution >= 4 is 17.5 Å². The fraction of sp³-hybridized carbons (Fsp3) is 0.273. The molecule has 0 bridgehead atoms. The molecule has 5 nitrogen and oxygen atoms in total. The Kier molecular flexibility index (Phi) is 3.63. The number of benzene rings is 1. The third-order valence-corrected chi connectivity index (χ3v) is 2.33. The van der Waals surface area contributed by atoms with Gasteiger partial charge in [0.25, 0.3) is 11.8 Å². The average Bonchev–Trinajstić information content (AvgIpc) is 2.28. The van der Waals surface area contributed by atoms with Crippen LogP contribution < -0.4 is 11.1 Å². The number of nitrogens with two attached hydrogens (primary N) is 1. The lowest BCUT2D eigenvalue weighted by Gasteiger charge is -2.21. The van der Waals surface area contributed by atoms with Crippen molar-refractivity contribution in [3.63, 3.8) is 0 Å². The Bertz CT molecular complexity index is 391. The molecule has 1 rings (SSSR count). The van der Waals surface area contributed by atoms with E-state index in [1.165, 1.54) is 6.92 Å². The Balaban J connectivity index is 2.83. The van der Waals surface area contributed by atoms with Crippen molar-refractivity contribution < 1.29 is 14.7 Å². The van der Waals surface area contributed by atoms with E-state index in [4.69, 9.17) is 5.73 Å². The molecule has 1 aromatic carbocycles. The number of primary amides is 1. The molecule has 16 heavy (non-hydrogen) atoms. The number of amides is 2. The number of carbonyl (C=O) groups is 2. The summed E-state index contributed by atoms with van der Waals surface area (Å²) >= 11 is 0. The highest BCUT2D eigenvalue weighted by atomic mass is 16.3. The zero-order chi connectivity index (χ0) is 12.2. The molecule has 5 heteroatoms. The number of hydrogen-bond acceptors (Lipinski definition) is 3. The van der Waals surface area contributed by atoms with Crippen molar-refractivity contribution in [2.75, 3.05) is 5.32 Å². The zero-order valence-corrected chi connectivity index (χ0v) is 8.93. The molecule has 0 heterocycles. The molecule has 0 spiro atoms. The summed E-state index contributed by atoms with van der Waals surface area (Å²) in [5, 5.41) is 12.2. The van der Waals surface area contributed by atoms with Crippen LogP contribution in [0.5, 0.6) is 0 Å². The first-order valence-electron chi connectivity index (χ1n) is 4.89. The summed E-state index contributed by atoms with van der Waals surface area (Å²) in [6.07, 6.45) is -0.0685. The first-order chi connectivity index (χ1) is 7.50. The van der Waals surface area contributed by atoms with Crippen LogP contribution in [-0.4, -0.2) is 22.5 Å². The highest BCUT2D eigenvalue weighted by molar-refractivity contribution is 6.12. The summed E-state index contributed by atoms with van der Waals surface area (Å²) in [6, 6.07) is 8.54. The van der Waals surface area contributed by atoms with Crippen LogP contribution in [0, 0.1) is 0 Å². The average molecular weight is 222 g/mol. The van der Waals surface area contributed by atoms with Crippen LogP contribution in [-0.2, 0) is 9.59 Å². The molecule has 0 aromatic heterocycles. The van der Waals surface area contributed by atoms with Crippen LogP contribution in [0.4, 0.5) is 5.69 Å². The van der Waals surface area contributed by atoms with Gasteiger partial charge in [-0.15, -0.1) is 0 Å². The fourth-order valence-electron chi connectivity index (χ4n) is 1.20. The van der Waals surface area contributed by atoms with Crippen molar-refractivity contribution in [3.8, 4) is 0 Å². The predicted octanol–water partition coefficient (Wildman–Crippen LogP) is 0.251. The number of anilines is 1. The standard InChI is InChI=1S/C11H14N2O3/c1-2-11(16,9(12)14)10(15)13-8-6-4-3-5-7-8/h3-7,16H,2H2,1H3,(H2,12,14)(H,13,15). The SMILES string of the molecule is CCC(O)(C(N)=O)C(=O)Nc1ccccc1. The maximum atomic E-state index is 11.6. The third-order valence-electron chi connectivity index (χ3n) is 2.33. The number of para-hydroxylation sites is 1. The molecule has 0 aliphatic heterocycles. The van der Waals surface area contributed by atoms with E-state index in [-0.39, 0.29) is 6.42 Å². The van der Waals surface area contributed by atoms with Crippen LogP contribution in [0.2, 0.25) is 0 Å². The second-order valence-electron chi connectivity index (χ2n) is 3.40. The Hall–Kier alpha value is -1.88. The summed E-state index contributed by atoms with van der Waals surface area (Å²) in [5.74, 6) is -1.86. The molecule has 86 valence electrons. The maximum Gasteiger partial charge on any atom is 0.266 e. The first-order valence-corrected chi connectivity index (χ1v) is 4.89. The number of rotatable bonds is 4. The quantitative estimate of drug-likeness (QED) is 0.637. The zero-order valence-electron chi connectivity index (χ0n) is 8.93. The van der Waals surface area contributed by atoms with Gasteiger partial charge in [-0.25, -0.2) is 0 Å². The summed E-state index contributed by atoms with van der Waals surface area (Å²) < 4.78 is 0. The van der Waals surface area contributed by atoms with Crippen molar-refractivity contribution in [1.82, 2.24) is 0 Å². The molecule has 0 saturated carbocycles. The molecule has 0 radical (unpaired) electrons. The topological polar surface area (TPSA) is 92.4 Å². The molecule has 2 amide bonds. The lowest BCUT2D eigenvalue weighted by atomic mass is 9.99. The molecule has 1 unspecified atom stereocenters. The van der Waals surface area contributed by atoms with E-state index in [1.54, 1.807) is 30.3 Å². The van der Waals surface area contributed by atoms with E-state index in [9.17, 15) is 14.7 Å². The number of hydrogen-bond donors (Lipinski definition) is 3. The van der Waals surface area contributed by atoms with E-state index in [1.807, 2.05) is 0 Å². The van der Waals surface area contributed by atoms with E-state index in [2.05, 4.69) is 5.32 Å². The minimum atomic E-state index is -2.16. The predicted molar refractivity (Wildman–Crippen MR) is 59.5 cm³/mol. The van der Waals surface area contributed by atoms with E-state index >= 15 is 0 Å². The van der Waals surface area contributed by atoms with Gasteiger partial charge >= 0.3 is 0 Å². The highest BCUT2D eigenvalue weighted by Crippen LogP contribution is 2.14. The van der Waals surface area contributed by atoms with Gasteiger partial charge in [-0.05, 0) is 18.6 Å². The van der Waals surface area contributed by atoms with Crippen LogP contribution in [0.1, 0.15) is 13.3 Å². The van der Waals surface area contributed by atoms with E-state index in [0.717, 1.165) is 0 Å². The molecular weight excluding hydrogens is 208 g/mol. The smallest absolute Gasteiger partial charge is 0.266 e. The van der Waals surface area contributed by atoms with Gasteiger partial charge in [0.1, 0.15) is 0 Å². The Morgan fingerprint density at radius 2 is 1.94 bits per heavy atom. The molecule has 4 N–H and O–H groups in total. The van der Waals surface area contributed by atoms with Crippen molar-refractivity contribution in [1.29, 1.82) is 0 Å². The van der Waals surface area contributed by atoms with Gasteiger partial charge in [-0.3, -0.25) is 9.59 Å². The normalized spacial score (nSPS) is 13.9. The first kappa shape index (κ1) is 12.2. The Labute approximate surface area is 93.3 Å². The molecule has 0 fully saturated rings. The molecule has 1 aromatic rings. The van der Waals surface area contributed by atoms with Gasteiger partial charge in [0, 0.05) is 5.69 Å². The summed E-state index contributed by atoms with van der Waals surface area (Å²) in [7, 11) is 0. The molecular formula is C11H14N2O3. The van der Waals surface area contributed by atoms with Gasteiger partial charge in [-0.1, -0.05) is 25.1 Å². The van der Waals surface area contributed by atoms with Gasteiger partial charge < -0.3 is 16.2 Å². The number of nitrogens with one attached hydrogen (secondary N) is 1. The second kappa shape index (κ2) is 4.76. The minimum Gasteiger partial charge on any atom is -0.372 e.